The summed E-state index contributed by atoms with van der Waals surface area (Å²) in [5.74, 6) is -1.67. The number of nitrogens with zero attached hydrogens (tertiary/aromatic N) is 3. The number of amides is 2. The van der Waals surface area contributed by atoms with Crippen LogP contribution in [0.4, 0.5) is 15.8 Å². The molecule has 0 aliphatic carbocycles. The summed E-state index contributed by atoms with van der Waals surface area (Å²) in [6, 6.07) is 16.5. The van der Waals surface area contributed by atoms with Gasteiger partial charge in [0.25, 0.3) is 15.7 Å². The Bertz CT molecular complexity index is 1370. The summed E-state index contributed by atoms with van der Waals surface area (Å²) in [5.41, 5.74) is 0.300. The maximum atomic E-state index is 13.6. The van der Waals surface area contributed by atoms with Crippen LogP contribution in [0.15, 0.2) is 83.8 Å². The summed E-state index contributed by atoms with van der Waals surface area (Å²) in [7, 11) is -2.87. The third kappa shape index (κ3) is 6.47. The average molecular weight is 529 g/mol. The largest absolute Gasteiger partial charge is 0.357 e. The van der Waals surface area contributed by atoms with Gasteiger partial charge in [-0.05, 0) is 48.9 Å². The molecule has 1 N–H and O–H groups in total. The number of anilines is 1. The molecule has 0 radical (unpaired) electrons. The van der Waals surface area contributed by atoms with Crippen LogP contribution in [0.5, 0.6) is 0 Å². The van der Waals surface area contributed by atoms with Gasteiger partial charge in [-0.1, -0.05) is 30.3 Å². The van der Waals surface area contributed by atoms with Crippen LogP contribution in [-0.4, -0.2) is 49.7 Å². The smallest absolute Gasteiger partial charge is 0.269 e. The van der Waals surface area contributed by atoms with Crippen LogP contribution >= 0.6 is 0 Å². The Morgan fingerprint density at radius 2 is 1.59 bits per heavy atom. The first-order chi connectivity index (χ1) is 17.5. The molecule has 0 aliphatic heterocycles. The van der Waals surface area contributed by atoms with Crippen molar-refractivity contribution in [2.24, 2.45) is 0 Å². The summed E-state index contributed by atoms with van der Waals surface area (Å²) >= 11 is 0. The number of hydrogen-bond donors (Lipinski definition) is 1. The number of rotatable bonds is 10. The molecule has 10 nitrogen and oxygen atoms in total. The van der Waals surface area contributed by atoms with E-state index in [2.05, 4.69) is 5.32 Å². The molecule has 194 valence electrons. The van der Waals surface area contributed by atoms with Crippen molar-refractivity contribution in [1.82, 2.24) is 10.2 Å². The molecule has 3 rings (SSSR count). The van der Waals surface area contributed by atoms with Gasteiger partial charge in [0, 0.05) is 25.7 Å². The van der Waals surface area contributed by atoms with Gasteiger partial charge in [0.1, 0.15) is 18.4 Å². The highest BCUT2D eigenvalue weighted by Gasteiger charge is 2.32. The highest BCUT2D eigenvalue weighted by atomic mass is 32.2. The summed E-state index contributed by atoms with van der Waals surface area (Å²) in [5, 5.41) is 13.5. The summed E-state index contributed by atoms with van der Waals surface area (Å²) in [4.78, 5) is 37.5. The highest BCUT2D eigenvalue weighted by Crippen LogP contribution is 2.26. The van der Waals surface area contributed by atoms with E-state index in [1.54, 1.807) is 6.07 Å². The molecule has 0 aliphatic rings. The van der Waals surface area contributed by atoms with Crippen LogP contribution in [0.1, 0.15) is 12.5 Å². The van der Waals surface area contributed by atoms with Gasteiger partial charge >= 0.3 is 0 Å². The first-order valence-corrected chi connectivity index (χ1v) is 12.6. The maximum Gasteiger partial charge on any atom is 0.269 e. The third-order valence-corrected chi connectivity index (χ3v) is 7.43. The number of non-ortho nitro benzene ring substituents is 1. The van der Waals surface area contributed by atoms with Crippen molar-refractivity contribution in [2.75, 3.05) is 17.9 Å². The lowest BCUT2D eigenvalue weighted by Crippen LogP contribution is -2.50. The molecule has 0 heterocycles. The van der Waals surface area contributed by atoms with Crippen LogP contribution in [-0.2, 0) is 26.2 Å². The van der Waals surface area contributed by atoms with Crippen LogP contribution in [0.25, 0.3) is 0 Å². The van der Waals surface area contributed by atoms with Crippen molar-refractivity contribution in [3.8, 4) is 0 Å². The monoisotopic (exact) mass is 528 g/mol. The number of nitro groups is 1. The van der Waals surface area contributed by atoms with Crippen LogP contribution < -0.4 is 9.62 Å². The molecule has 0 saturated carbocycles. The van der Waals surface area contributed by atoms with Crippen molar-refractivity contribution in [1.29, 1.82) is 0 Å². The lowest BCUT2D eigenvalue weighted by Gasteiger charge is -2.31. The normalized spacial score (nSPS) is 11.9. The van der Waals surface area contributed by atoms with Crippen molar-refractivity contribution in [3.63, 3.8) is 0 Å². The quantitative estimate of drug-likeness (QED) is 0.318. The van der Waals surface area contributed by atoms with E-state index in [1.807, 2.05) is 0 Å². The van der Waals surface area contributed by atoms with E-state index in [9.17, 15) is 32.5 Å². The van der Waals surface area contributed by atoms with Crippen molar-refractivity contribution >= 4 is 33.2 Å². The number of nitrogens with one attached hydrogen (secondary N) is 1. The fourth-order valence-corrected chi connectivity index (χ4v) is 5.00. The standard InChI is InChI=1S/C25H25FN4O6S/c1-18(25(32)27-2)28(16-19-8-10-20(26)11-9-19)24(31)17-29(21-12-14-22(15-13-21)30(33)34)37(35,36)23-6-4-3-5-7-23/h3-15,18H,16-17H2,1-2H3,(H,27,32)/t18-/m1/s1. The van der Waals surface area contributed by atoms with E-state index >= 15 is 0 Å². The van der Waals surface area contributed by atoms with Gasteiger partial charge in [0.2, 0.25) is 11.8 Å². The van der Waals surface area contributed by atoms with E-state index in [1.165, 1.54) is 79.5 Å². The fraction of sp³-hybridized carbons (Fsp3) is 0.200. The number of halogens is 1. The molecule has 37 heavy (non-hydrogen) atoms. The van der Waals surface area contributed by atoms with E-state index in [0.717, 1.165) is 16.4 Å². The van der Waals surface area contributed by atoms with Gasteiger partial charge in [0.15, 0.2) is 0 Å². The molecular weight excluding hydrogens is 503 g/mol. The minimum Gasteiger partial charge on any atom is -0.357 e. The van der Waals surface area contributed by atoms with Gasteiger partial charge in [-0.25, -0.2) is 12.8 Å². The first kappa shape index (κ1) is 27.3. The number of hydrogen-bond acceptors (Lipinski definition) is 6. The molecule has 0 unspecified atom stereocenters. The maximum absolute atomic E-state index is 13.6. The van der Waals surface area contributed by atoms with E-state index in [4.69, 9.17) is 0 Å². The predicted molar refractivity (Wildman–Crippen MR) is 135 cm³/mol. The number of likely N-dealkylation sites (N-methyl/N-ethyl adjacent to an activating group) is 1. The molecule has 0 saturated heterocycles. The van der Waals surface area contributed by atoms with Crippen molar-refractivity contribution in [3.05, 3.63) is 100 Å². The number of carbonyl (C=O) groups excluding carboxylic acids is 2. The van der Waals surface area contributed by atoms with E-state index in [0.29, 0.717) is 5.56 Å². The lowest BCUT2D eigenvalue weighted by atomic mass is 10.1. The van der Waals surface area contributed by atoms with Gasteiger partial charge in [-0.2, -0.15) is 0 Å². The Balaban J connectivity index is 2.03. The van der Waals surface area contributed by atoms with Crippen LogP contribution in [0, 0.1) is 15.9 Å². The molecular formula is C25H25FN4O6S. The molecule has 0 aromatic heterocycles. The SMILES string of the molecule is CNC(=O)[C@@H](C)N(Cc1ccc(F)cc1)C(=O)CN(c1ccc([N+](=O)[O-])cc1)S(=O)(=O)c1ccccc1. The minimum atomic E-state index is -4.28. The Labute approximate surface area is 213 Å². The summed E-state index contributed by atoms with van der Waals surface area (Å²) in [6.07, 6.45) is 0. The molecule has 3 aromatic rings. The molecule has 0 bridgehead atoms. The Morgan fingerprint density at radius 1 is 1.00 bits per heavy atom. The summed E-state index contributed by atoms with van der Waals surface area (Å²) < 4.78 is 41.4. The molecule has 0 fully saturated rings. The van der Waals surface area contributed by atoms with Gasteiger partial charge in [-0.3, -0.25) is 24.0 Å². The first-order valence-electron chi connectivity index (χ1n) is 11.1. The van der Waals surface area contributed by atoms with Gasteiger partial charge in [0.05, 0.1) is 15.5 Å². The number of carbonyl (C=O) groups is 2. The Kier molecular flexibility index (Phi) is 8.56. The Hall–Kier alpha value is -4.32. The minimum absolute atomic E-state index is 0.0251. The number of benzene rings is 3. The zero-order chi connectivity index (χ0) is 27.2. The van der Waals surface area contributed by atoms with Crippen LogP contribution in [0.3, 0.4) is 0 Å². The van der Waals surface area contributed by atoms with Gasteiger partial charge in [-0.15, -0.1) is 0 Å². The molecule has 1 atom stereocenters. The summed E-state index contributed by atoms with van der Waals surface area (Å²) in [6.45, 7) is 0.701. The third-order valence-electron chi connectivity index (χ3n) is 5.64. The van der Waals surface area contributed by atoms with Gasteiger partial charge < -0.3 is 10.2 Å². The zero-order valence-corrected chi connectivity index (χ0v) is 20.9. The number of sulfonamides is 1. The molecule has 12 heteroatoms. The topological polar surface area (TPSA) is 130 Å². The zero-order valence-electron chi connectivity index (χ0n) is 20.1. The second-order valence-corrected chi connectivity index (χ2v) is 9.90. The van der Waals surface area contributed by atoms with Crippen molar-refractivity contribution < 1.29 is 27.3 Å². The van der Waals surface area contributed by atoms with Crippen LogP contribution in [0.2, 0.25) is 0 Å². The predicted octanol–water partition coefficient (Wildman–Crippen LogP) is 3.09. The average Bonchev–Trinajstić information content (AvgIpc) is 2.90. The van der Waals surface area contributed by atoms with E-state index < -0.39 is 45.2 Å². The Morgan fingerprint density at radius 3 is 2.14 bits per heavy atom. The van der Waals surface area contributed by atoms with E-state index in [-0.39, 0.29) is 22.8 Å². The van der Waals surface area contributed by atoms with Crippen molar-refractivity contribution in [2.45, 2.75) is 24.4 Å². The second kappa shape index (κ2) is 11.6. The molecule has 3 aromatic carbocycles. The molecule has 2 amide bonds. The molecule has 0 spiro atoms. The lowest BCUT2D eigenvalue weighted by molar-refractivity contribution is -0.384. The fourth-order valence-electron chi connectivity index (χ4n) is 3.57. The number of nitro benzene ring substituents is 1. The second-order valence-electron chi connectivity index (χ2n) is 8.04. The highest BCUT2D eigenvalue weighted by molar-refractivity contribution is 7.92.